The van der Waals surface area contributed by atoms with Gasteiger partial charge in [-0.1, -0.05) is 0 Å². The molecule has 86 valence electrons. The minimum atomic E-state index is -1.01. The average molecular weight is 308 g/mol. The summed E-state index contributed by atoms with van der Waals surface area (Å²) < 4.78 is 26.9. The van der Waals surface area contributed by atoms with Crippen LogP contribution in [-0.2, 0) is 4.79 Å². The molecule has 1 atom stereocenters. The van der Waals surface area contributed by atoms with Crippen LogP contribution in [0.4, 0.5) is 14.5 Å². The molecule has 1 aliphatic heterocycles. The number of carbonyl (C=O) groups is 1. The van der Waals surface area contributed by atoms with E-state index >= 15 is 0 Å². The molecular formula is C10H8BrF2NOS. The lowest BCUT2D eigenvalue weighted by atomic mass is 10.2. The van der Waals surface area contributed by atoms with Gasteiger partial charge in [0.2, 0.25) is 5.91 Å². The molecule has 1 fully saturated rings. The number of halogens is 3. The summed E-state index contributed by atoms with van der Waals surface area (Å²) in [6.07, 6.45) is 0.250. The lowest BCUT2D eigenvalue weighted by molar-refractivity contribution is -0.117. The predicted octanol–water partition coefficient (Wildman–Crippen LogP) is 2.76. The maximum atomic E-state index is 13.6. The zero-order valence-corrected chi connectivity index (χ0v) is 10.6. The van der Waals surface area contributed by atoms with Crippen LogP contribution < -0.4 is 4.90 Å². The number of thiol groups is 1. The SMILES string of the molecule is O=C1CC(S)CN1c1ccc(Br)c(F)c1F. The van der Waals surface area contributed by atoms with Gasteiger partial charge in [0.25, 0.3) is 0 Å². The highest BCUT2D eigenvalue weighted by Gasteiger charge is 2.31. The summed E-state index contributed by atoms with van der Waals surface area (Å²) in [4.78, 5) is 12.7. The molecule has 6 heteroatoms. The summed E-state index contributed by atoms with van der Waals surface area (Å²) in [5.41, 5.74) is -0.0257. The van der Waals surface area contributed by atoms with Crippen molar-refractivity contribution in [2.45, 2.75) is 11.7 Å². The third-order valence-electron chi connectivity index (χ3n) is 2.41. The molecule has 2 nitrogen and oxygen atoms in total. The Morgan fingerprint density at radius 2 is 2.06 bits per heavy atom. The van der Waals surface area contributed by atoms with Gasteiger partial charge in [0.15, 0.2) is 11.6 Å². The van der Waals surface area contributed by atoms with Gasteiger partial charge in [-0.2, -0.15) is 12.6 Å². The third kappa shape index (κ3) is 1.96. The van der Waals surface area contributed by atoms with Crippen LogP contribution in [0.1, 0.15) is 6.42 Å². The Balaban J connectivity index is 2.42. The largest absolute Gasteiger partial charge is 0.308 e. The zero-order chi connectivity index (χ0) is 11.9. The molecule has 0 bridgehead atoms. The molecule has 2 rings (SSSR count). The standard InChI is InChI=1S/C10H8BrF2NOS/c11-6-1-2-7(10(13)9(6)12)14-4-5(16)3-8(14)15/h1-2,5,16H,3-4H2. The van der Waals surface area contributed by atoms with Gasteiger partial charge in [-0.05, 0) is 28.1 Å². The van der Waals surface area contributed by atoms with Crippen molar-refractivity contribution < 1.29 is 13.6 Å². The lowest BCUT2D eigenvalue weighted by Crippen LogP contribution is -2.26. The molecular weight excluding hydrogens is 300 g/mol. The fourth-order valence-corrected chi connectivity index (χ4v) is 2.27. The fourth-order valence-electron chi connectivity index (χ4n) is 1.65. The molecule has 0 radical (unpaired) electrons. The molecule has 16 heavy (non-hydrogen) atoms. The summed E-state index contributed by atoms with van der Waals surface area (Å²) >= 11 is 7.04. The molecule has 1 heterocycles. The highest BCUT2D eigenvalue weighted by Crippen LogP contribution is 2.30. The molecule has 1 aromatic carbocycles. The fraction of sp³-hybridized carbons (Fsp3) is 0.300. The highest BCUT2D eigenvalue weighted by molar-refractivity contribution is 9.10. The van der Waals surface area contributed by atoms with Gasteiger partial charge in [-0.3, -0.25) is 4.79 Å². The first-order chi connectivity index (χ1) is 7.50. The number of carbonyl (C=O) groups excluding carboxylic acids is 1. The summed E-state index contributed by atoms with van der Waals surface area (Å²) in [6.45, 7) is 0.305. The first kappa shape index (κ1) is 11.9. The Kier molecular flexibility index (Phi) is 3.21. The second-order valence-electron chi connectivity index (χ2n) is 3.56. The van der Waals surface area contributed by atoms with Crippen LogP contribution >= 0.6 is 28.6 Å². The molecule has 1 amide bonds. The smallest absolute Gasteiger partial charge is 0.228 e. The Bertz CT molecular complexity index is 455. The van der Waals surface area contributed by atoms with Crippen LogP contribution in [0.5, 0.6) is 0 Å². The van der Waals surface area contributed by atoms with Crippen LogP contribution in [-0.4, -0.2) is 17.7 Å². The second-order valence-corrected chi connectivity index (χ2v) is 5.14. The van der Waals surface area contributed by atoms with E-state index in [2.05, 4.69) is 28.6 Å². The van der Waals surface area contributed by atoms with Gasteiger partial charge < -0.3 is 4.90 Å². The maximum absolute atomic E-state index is 13.6. The molecule has 0 aromatic heterocycles. The average Bonchev–Trinajstić information content (AvgIpc) is 2.55. The Labute approximate surface area is 105 Å². The van der Waals surface area contributed by atoms with E-state index in [9.17, 15) is 13.6 Å². The van der Waals surface area contributed by atoms with Crippen LogP contribution in [0.25, 0.3) is 0 Å². The minimum Gasteiger partial charge on any atom is -0.308 e. The maximum Gasteiger partial charge on any atom is 0.228 e. The number of amides is 1. The van der Waals surface area contributed by atoms with E-state index in [0.29, 0.717) is 6.54 Å². The molecule has 0 aliphatic carbocycles. The molecule has 1 aromatic rings. The zero-order valence-electron chi connectivity index (χ0n) is 8.08. The molecule has 0 spiro atoms. The lowest BCUT2D eigenvalue weighted by Gasteiger charge is -2.17. The Morgan fingerprint density at radius 3 is 2.62 bits per heavy atom. The van der Waals surface area contributed by atoms with Crippen LogP contribution in [0.3, 0.4) is 0 Å². The second kappa shape index (κ2) is 4.33. The minimum absolute atomic E-state index is 0.0257. The van der Waals surface area contributed by atoms with Gasteiger partial charge in [0, 0.05) is 18.2 Å². The van der Waals surface area contributed by atoms with Crippen molar-refractivity contribution in [3.63, 3.8) is 0 Å². The van der Waals surface area contributed by atoms with Crippen molar-refractivity contribution in [1.82, 2.24) is 0 Å². The van der Waals surface area contributed by atoms with Crippen molar-refractivity contribution in [2.75, 3.05) is 11.4 Å². The first-order valence-electron chi connectivity index (χ1n) is 4.62. The van der Waals surface area contributed by atoms with Gasteiger partial charge in [-0.25, -0.2) is 8.78 Å². The first-order valence-corrected chi connectivity index (χ1v) is 5.93. The van der Waals surface area contributed by atoms with E-state index in [1.54, 1.807) is 0 Å². The number of rotatable bonds is 1. The van der Waals surface area contributed by atoms with E-state index in [1.807, 2.05) is 0 Å². The number of hydrogen-bond acceptors (Lipinski definition) is 2. The third-order valence-corrected chi connectivity index (χ3v) is 3.37. The van der Waals surface area contributed by atoms with Crippen LogP contribution in [0.2, 0.25) is 0 Å². The Morgan fingerprint density at radius 1 is 1.38 bits per heavy atom. The monoisotopic (exact) mass is 307 g/mol. The highest BCUT2D eigenvalue weighted by atomic mass is 79.9. The molecule has 1 unspecified atom stereocenters. The summed E-state index contributed by atoms with van der Waals surface area (Å²) in [5.74, 6) is -2.22. The molecule has 0 N–H and O–H groups in total. The van der Waals surface area contributed by atoms with Gasteiger partial charge in [-0.15, -0.1) is 0 Å². The van der Waals surface area contributed by atoms with Gasteiger partial charge in [0.05, 0.1) is 10.2 Å². The summed E-state index contributed by atoms with van der Waals surface area (Å²) in [7, 11) is 0. The van der Waals surface area contributed by atoms with E-state index in [-0.39, 0.29) is 27.7 Å². The number of anilines is 1. The van der Waals surface area contributed by atoms with E-state index < -0.39 is 11.6 Å². The number of hydrogen-bond donors (Lipinski definition) is 1. The van der Waals surface area contributed by atoms with Crippen molar-refractivity contribution in [3.05, 3.63) is 28.2 Å². The van der Waals surface area contributed by atoms with Gasteiger partial charge in [0.1, 0.15) is 0 Å². The summed E-state index contributed by atoms with van der Waals surface area (Å²) in [5, 5.41) is -0.126. The van der Waals surface area contributed by atoms with Crippen molar-refractivity contribution in [3.8, 4) is 0 Å². The normalized spacial score (nSPS) is 20.6. The predicted molar refractivity (Wildman–Crippen MR) is 63.8 cm³/mol. The van der Waals surface area contributed by atoms with Gasteiger partial charge >= 0.3 is 0 Å². The summed E-state index contributed by atoms with van der Waals surface area (Å²) in [6, 6.07) is 2.76. The quantitative estimate of drug-likeness (QED) is 0.625. The molecule has 1 aliphatic rings. The van der Waals surface area contributed by atoms with Crippen molar-refractivity contribution in [1.29, 1.82) is 0 Å². The number of nitrogens with zero attached hydrogens (tertiary/aromatic N) is 1. The van der Waals surface area contributed by atoms with E-state index in [4.69, 9.17) is 0 Å². The molecule has 0 saturated carbocycles. The molecule has 1 saturated heterocycles. The van der Waals surface area contributed by atoms with Crippen LogP contribution in [0, 0.1) is 11.6 Å². The van der Waals surface area contributed by atoms with E-state index in [0.717, 1.165) is 0 Å². The van der Waals surface area contributed by atoms with Crippen molar-refractivity contribution >= 4 is 40.2 Å². The van der Waals surface area contributed by atoms with E-state index in [1.165, 1.54) is 17.0 Å². The van der Waals surface area contributed by atoms with Crippen LogP contribution in [0.15, 0.2) is 16.6 Å². The topological polar surface area (TPSA) is 20.3 Å². The van der Waals surface area contributed by atoms with Crippen molar-refractivity contribution in [2.24, 2.45) is 0 Å². The number of benzene rings is 1. The Hall–Kier alpha value is -0.620.